The number of ether oxygens (including phenoxy) is 2. The Kier molecular flexibility index (Phi) is 3.91. The zero-order valence-electron chi connectivity index (χ0n) is 12.0. The second-order valence-corrected chi connectivity index (χ2v) is 5.25. The maximum atomic E-state index is 12.2. The number of Topliss-reactive ketones (excluding diaryl/α,β-unsaturated/α-hetero) is 1. The van der Waals surface area contributed by atoms with Crippen LogP contribution < -0.4 is 9.47 Å². The maximum absolute atomic E-state index is 12.2. The van der Waals surface area contributed by atoms with Crippen molar-refractivity contribution < 1.29 is 14.3 Å². The molecule has 21 heavy (non-hydrogen) atoms. The van der Waals surface area contributed by atoms with E-state index < -0.39 is 0 Å². The van der Waals surface area contributed by atoms with Gasteiger partial charge in [-0.1, -0.05) is 30.3 Å². The Morgan fingerprint density at radius 1 is 1.19 bits per heavy atom. The number of rotatable bonds is 4. The van der Waals surface area contributed by atoms with Gasteiger partial charge >= 0.3 is 0 Å². The van der Waals surface area contributed by atoms with Crippen LogP contribution in [0.5, 0.6) is 11.5 Å². The van der Waals surface area contributed by atoms with Crippen molar-refractivity contribution in [2.75, 3.05) is 7.11 Å². The van der Waals surface area contributed by atoms with Gasteiger partial charge < -0.3 is 9.47 Å². The molecule has 1 aliphatic heterocycles. The molecule has 2 aromatic carbocycles. The van der Waals surface area contributed by atoms with Crippen molar-refractivity contribution in [1.29, 1.82) is 0 Å². The van der Waals surface area contributed by atoms with E-state index in [4.69, 9.17) is 9.47 Å². The Bertz CT molecular complexity index is 634. The molecule has 0 spiro atoms. The zero-order chi connectivity index (χ0) is 14.7. The summed E-state index contributed by atoms with van der Waals surface area (Å²) in [5.41, 5.74) is 1.93. The van der Waals surface area contributed by atoms with E-state index in [0.29, 0.717) is 23.5 Å². The van der Waals surface area contributed by atoms with Crippen molar-refractivity contribution >= 4 is 5.78 Å². The van der Waals surface area contributed by atoms with Crippen LogP contribution in [0.2, 0.25) is 0 Å². The van der Waals surface area contributed by atoms with Crippen molar-refractivity contribution in [3.8, 4) is 11.5 Å². The fraction of sp³-hybridized carbons (Fsp3) is 0.278. The quantitative estimate of drug-likeness (QED) is 0.858. The summed E-state index contributed by atoms with van der Waals surface area (Å²) < 4.78 is 11.2. The van der Waals surface area contributed by atoms with Crippen molar-refractivity contribution in [2.45, 2.75) is 25.4 Å². The molecular weight excluding hydrogens is 264 g/mol. The summed E-state index contributed by atoms with van der Waals surface area (Å²) in [6.45, 7) is 0. The minimum Gasteiger partial charge on any atom is -0.497 e. The molecule has 0 aliphatic carbocycles. The third kappa shape index (κ3) is 3.07. The minimum atomic E-state index is -0.0580. The van der Waals surface area contributed by atoms with E-state index in [2.05, 4.69) is 12.1 Å². The van der Waals surface area contributed by atoms with Crippen LogP contribution in [-0.4, -0.2) is 19.0 Å². The van der Waals surface area contributed by atoms with Crippen LogP contribution in [0.1, 0.15) is 28.8 Å². The Labute approximate surface area is 124 Å². The molecule has 0 radical (unpaired) electrons. The SMILES string of the molecule is COc1ccc2c(c1)OC(CCc1ccccc1)CC2=O. The van der Waals surface area contributed by atoms with Gasteiger partial charge in [0.05, 0.1) is 12.7 Å². The number of methoxy groups -OCH3 is 1. The lowest BCUT2D eigenvalue weighted by atomic mass is 9.96. The van der Waals surface area contributed by atoms with Crippen molar-refractivity contribution in [2.24, 2.45) is 0 Å². The lowest BCUT2D eigenvalue weighted by Gasteiger charge is -2.25. The van der Waals surface area contributed by atoms with Crippen LogP contribution in [0.4, 0.5) is 0 Å². The minimum absolute atomic E-state index is 0.0580. The fourth-order valence-electron chi connectivity index (χ4n) is 2.63. The average Bonchev–Trinajstić information content (AvgIpc) is 2.53. The van der Waals surface area contributed by atoms with Gasteiger partial charge in [-0.15, -0.1) is 0 Å². The molecule has 3 nitrogen and oxygen atoms in total. The number of aryl methyl sites for hydroxylation is 1. The summed E-state index contributed by atoms with van der Waals surface area (Å²) in [5.74, 6) is 1.51. The summed E-state index contributed by atoms with van der Waals surface area (Å²) in [7, 11) is 1.61. The lowest BCUT2D eigenvalue weighted by molar-refractivity contribution is 0.0839. The molecule has 2 aromatic rings. The standard InChI is InChI=1S/C18H18O3/c1-20-14-9-10-16-17(19)11-15(21-18(16)12-14)8-7-13-5-3-2-4-6-13/h2-6,9-10,12,15H,7-8,11H2,1H3. The highest BCUT2D eigenvalue weighted by Crippen LogP contribution is 2.32. The average molecular weight is 282 g/mol. The van der Waals surface area contributed by atoms with Crippen LogP contribution in [0, 0.1) is 0 Å². The summed E-state index contributed by atoms with van der Waals surface area (Å²) >= 11 is 0. The number of benzene rings is 2. The van der Waals surface area contributed by atoms with Crippen LogP contribution in [0.15, 0.2) is 48.5 Å². The van der Waals surface area contributed by atoms with Crippen LogP contribution >= 0.6 is 0 Å². The molecule has 0 saturated heterocycles. The second kappa shape index (κ2) is 6.00. The van der Waals surface area contributed by atoms with Gasteiger partial charge in [-0.25, -0.2) is 0 Å². The molecule has 1 atom stereocenters. The first-order chi connectivity index (χ1) is 10.3. The van der Waals surface area contributed by atoms with E-state index in [1.165, 1.54) is 5.56 Å². The van der Waals surface area contributed by atoms with Crippen molar-refractivity contribution in [3.63, 3.8) is 0 Å². The first-order valence-corrected chi connectivity index (χ1v) is 7.18. The summed E-state index contributed by atoms with van der Waals surface area (Å²) in [6, 6.07) is 15.6. The third-order valence-electron chi connectivity index (χ3n) is 3.79. The Morgan fingerprint density at radius 3 is 2.76 bits per heavy atom. The fourth-order valence-corrected chi connectivity index (χ4v) is 2.63. The van der Waals surface area contributed by atoms with Crippen LogP contribution in [-0.2, 0) is 6.42 Å². The van der Waals surface area contributed by atoms with Gasteiger partial charge in [-0.05, 0) is 30.5 Å². The number of ketones is 1. The smallest absolute Gasteiger partial charge is 0.170 e. The molecule has 0 amide bonds. The molecule has 1 aliphatic rings. The molecular formula is C18H18O3. The van der Waals surface area contributed by atoms with Crippen molar-refractivity contribution in [1.82, 2.24) is 0 Å². The molecule has 0 N–H and O–H groups in total. The molecule has 1 heterocycles. The number of hydrogen-bond donors (Lipinski definition) is 0. The number of carbonyl (C=O) groups is 1. The third-order valence-corrected chi connectivity index (χ3v) is 3.79. The Balaban J connectivity index is 1.70. The predicted octanol–water partition coefficient (Wildman–Crippen LogP) is 3.66. The number of carbonyl (C=O) groups excluding carboxylic acids is 1. The second-order valence-electron chi connectivity index (χ2n) is 5.25. The molecule has 3 heteroatoms. The molecule has 0 bridgehead atoms. The maximum Gasteiger partial charge on any atom is 0.170 e. The summed E-state index contributed by atoms with van der Waals surface area (Å²) in [4.78, 5) is 12.2. The molecule has 108 valence electrons. The molecule has 0 aromatic heterocycles. The number of fused-ring (bicyclic) bond motifs is 1. The zero-order valence-corrected chi connectivity index (χ0v) is 12.0. The Morgan fingerprint density at radius 2 is 2.00 bits per heavy atom. The van der Waals surface area contributed by atoms with Gasteiger partial charge in [-0.2, -0.15) is 0 Å². The largest absolute Gasteiger partial charge is 0.497 e. The van der Waals surface area contributed by atoms with E-state index >= 15 is 0 Å². The van der Waals surface area contributed by atoms with E-state index in [1.807, 2.05) is 18.2 Å². The van der Waals surface area contributed by atoms with Gasteiger partial charge in [0.25, 0.3) is 0 Å². The van der Waals surface area contributed by atoms with Gasteiger partial charge in [0.1, 0.15) is 17.6 Å². The molecule has 0 fully saturated rings. The molecule has 1 unspecified atom stereocenters. The van der Waals surface area contributed by atoms with Gasteiger partial charge in [0.2, 0.25) is 0 Å². The van der Waals surface area contributed by atoms with Crippen molar-refractivity contribution in [3.05, 3.63) is 59.7 Å². The predicted molar refractivity (Wildman–Crippen MR) is 81.1 cm³/mol. The lowest BCUT2D eigenvalue weighted by Crippen LogP contribution is -2.27. The monoisotopic (exact) mass is 282 g/mol. The highest BCUT2D eigenvalue weighted by atomic mass is 16.5. The van der Waals surface area contributed by atoms with Gasteiger partial charge in [0.15, 0.2) is 5.78 Å². The highest BCUT2D eigenvalue weighted by molar-refractivity contribution is 6.00. The van der Waals surface area contributed by atoms with Gasteiger partial charge in [0, 0.05) is 12.5 Å². The first kappa shape index (κ1) is 13.7. The summed E-state index contributed by atoms with van der Waals surface area (Å²) in [6.07, 6.45) is 2.15. The highest BCUT2D eigenvalue weighted by Gasteiger charge is 2.26. The van der Waals surface area contributed by atoms with Crippen LogP contribution in [0.3, 0.4) is 0 Å². The van der Waals surface area contributed by atoms with E-state index in [9.17, 15) is 4.79 Å². The normalized spacial score (nSPS) is 17.0. The van der Waals surface area contributed by atoms with E-state index in [1.54, 1.807) is 25.3 Å². The van der Waals surface area contributed by atoms with Gasteiger partial charge in [-0.3, -0.25) is 4.79 Å². The topological polar surface area (TPSA) is 35.5 Å². The first-order valence-electron chi connectivity index (χ1n) is 7.18. The summed E-state index contributed by atoms with van der Waals surface area (Å²) in [5, 5.41) is 0. The van der Waals surface area contributed by atoms with Crippen LogP contribution in [0.25, 0.3) is 0 Å². The van der Waals surface area contributed by atoms with E-state index in [-0.39, 0.29) is 11.9 Å². The Hall–Kier alpha value is -2.29. The molecule has 0 saturated carbocycles. The molecule has 3 rings (SSSR count). The number of hydrogen-bond acceptors (Lipinski definition) is 3. The van der Waals surface area contributed by atoms with E-state index in [0.717, 1.165) is 12.8 Å².